The molecule has 1 fully saturated rings. The quantitative estimate of drug-likeness (QED) is 0.662. The molecular weight excluding hydrogens is 340 g/mol. The van der Waals surface area contributed by atoms with E-state index >= 15 is 0 Å². The molecule has 1 aromatic carbocycles. The number of piperidine rings is 1. The van der Waals surface area contributed by atoms with Crippen molar-refractivity contribution in [2.24, 2.45) is 0 Å². The summed E-state index contributed by atoms with van der Waals surface area (Å²) in [5.41, 5.74) is 5.88. The summed E-state index contributed by atoms with van der Waals surface area (Å²) in [4.78, 5) is 16.0. The summed E-state index contributed by atoms with van der Waals surface area (Å²) in [6, 6.07) is 6.56. The second-order valence-corrected chi connectivity index (χ2v) is 7.39. The third-order valence-corrected chi connectivity index (χ3v) is 5.62. The molecule has 4 rings (SSSR count). The zero-order valence-corrected chi connectivity index (χ0v) is 16.1. The van der Waals surface area contributed by atoms with Gasteiger partial charge >= 0.3 is 0 Å². The number of nitrogens with one attached hydrogen (secondary N) is 3. The first-order valence-corrected chi connectivity index (χ1v) is 9.53. The fraction of sp³-hybridized carbons (Fsp3) is 0.450. The number of benzene rings is 1. The van der Waals surface area contributed by atoms with Gasteiger partial charge in [-0.2, -0.15) is 0 Å². The minimum atomic E-state index is -0.172. The summed E-state index contributed by atoms with van der Waals surface area (Å²) in [5, 5.41) is 15.9. The van der Waals surface area contributed by atoms with Gasteiger partial charge in [-0.1, -0.05) is 11.3 Å². The summed E-state index contributed by atoms with van der Waals surface area (Å²) in [7, 11) is 0. The van der Waals surface area contributed by atoms with Gasteiger partial charge in [0.15, 0.2) is 5.69 Å². The molecule has 3 heterocycles. The van der Waals surface area contributed by atoms with Crippen molar-refractivity contribution in [3.05, 3.63) is 46.4 Å². The number of aryl methyl sites for hydroxylation is 2. The number of hydrogen-bond donors (Lipinski definition) is 3. The molecule has 1 amide bonds. The molecule has 1 saturated heterocycles. The molecule has 0 saturated carbocycles. The highest BCUT2D eigenvalue weighted by molar-refractivity contribution is 5.93. The predicted molar refractivity (Wildman–Crippen MR) is 105 cm³/mol. The molecule has 0 unspecified atom stereocenters. The summed E-state index contributed by atoms with van der Waals surface area (Å²) in [6.07, 6.45) is 2.03. The van der Waals surface area contributed by atoms with E-state index in [-0.39, 0.29) is 5.91 Å². The molecule has 0 bridgehead atoms. The van der Waals surface area contributed by atoms with Crippen LogP contribution in [0.3, 0.4) is 0 Å². The standard InChI is InChI=1S/C20H26N6O/c1-12-13(2)23-18-5-4-15(10-17(12)18)11-22-20(27)19-14(3)26(25-24-19)16-6-8-21-9-7-16/h4-5,10,16,21,23H,6-9,11H2,1-3H3,(H,22,27). The van der Waals surface area contributed by atoms with Crippen molar-refractivity contribution in [1.82, 2.24) is 30.6 Å². The first kappa shape index (κ1) is 17.7. The molecule has 3 N–H and O–H groups in total. The Morgan fingerprint density at radius 2 is 2.04 bits per heavy atom. The van der Waals surface area contributed by atoms with Gasteiger partial charge in [-0.05, 0) is 70.0 Å². The van der Waals surface area contributed by atoms with Gasteiger partial charge in [0.1, 0.15) is 0 Å². The number of amides is 1. The molecule has 7 heteroatoms. The van der Waals surface area contributed by atoms with E-state index in [2.05, 4.69) is 51.9 Å². The van der Waals surface area contributed by atoms with Crippen molar-refractivity contribution < 1.29 is 4.79 Å². The molecule has 3 aromatic rings. The lowest BCUT2D eigenvalue weighted by Crippen LogP contribution is -2.30. The Labute approximate surface area is 158 Å². The maximum atomic E-state index is 12.6. The molecule has 7 nitrogen and oxygen atoms in total. The van der Waals surface area contributed by atoms with Crippen molar-refractivity contribution in [3.63, 3.8) is 0 Å². The Kier molecular flexibility index (Phi) is 4.70. The van der Waals surface area contributed by atoms with Crippen LogP contribution in [0, 0.1) is 20.8 Å². The van der Waals surface area contributed by atoms with E-state index in [1.165, 1.54) is 16.6 Å². The van der Waals surface area contributed by atoms with Gasteiger partial charge < -0.3 is 15.6 Å². The van der Waals surface area contributed by atoms with Gasteiger partial charge in [-0.25, -0.2) is 4.68 Å². The van der Waals surface area contributed by atoms with E-state index in [1.54, 1.807) is 0 Å². The normalized spacial score (nSPS) is 15.4. The highest BCUT2D eigenvalue weighted by atomic mass is 16.2. The number of carbonyl (C=O) groups is 1. The molecule has 2 aromatic heterocycles. The number of aromatic nitrogens is 4. The number of carbonyl (C=O) groups excluding carboxylic acids is 1. The Morgan fingerprint density at radius 1 is 1.26 bits per heavy atom. The zero-order valence-electron chi connectivity index (χ0n) is 16.1. The van der Waals surface area contributed by atoms with Gasteiger partial charge in [0, 0.05) is 23.1 Å². The Morgan fingerprint density at radius 3 is 2.81 bits per heavy atom. The number of H-pyrrole nitrogens is 1. The lowest BCUT2D eigenvalue weighted by atomic mass is 10.1. The van der Waals surface area contributed by atoms with Crippen LogP contribution in [-0.2, 0) is 6.54 Å². The molecule has 0 aliphatic carbocycles. The largest absolute Gasteiger partial charge is 0.358 e. The van der Waals surface area contributed by atoms with Gasteiger partial charge in [0.05, 0.1) is 11.7 Å². The summed E-state index contributed by atoms with van der Waals surface area (Å²) in [6.45, 7) is 8.54. The molecule has 0 atom stereocenters. The van der Waals surface area contributed by atoms with E-state index in [4.69, 9.17) is 0 Å². The van der Waals surface area contributed by atoms with Crippen LogP contribution in [0.1, 0.15) is 51.9 Å². The van der Waals surface area contributed by atoms with Crippen LogP contribution >= 0.6 is 0 Å². The Balaban J connectivity index is 1.46. The van der Waals surface area contributed by atoms with E-state index in [0.29, 0.717) is 18.3 Å². The maximum Gasteiger partial charge on any atom is 0.274 e. The van der Waals surface area contributed by atoms with E-state index in [0.717, 1.165) is 42.7 Å². The van der Waals surface area contributed by atoms with Gasteiger partial charge in [0.25, 0.3) is 5.91 Å². The lowest BCUT2D eigenvalue weighted by Gasteiger charge is -2.23. The fourth-order valence-electron chi connectivity index (χ4n) is 3.83. The molecule has 1 aliphatic heterocycles. The number of hydrogen-bond acceptors (Lipinski definition) is 4. The van der Waals surface area contributed by atoms with Crippen LogP contribution in [0.4, 0.5) is 0 Å². The average molecular weight is 366 g/mol. The fourth-order valence-corrected chi connectivity index (χ4v) is 3.83. The maximum absolute atomic E-state index is 12.6. The van der Waals surface area contributed by atoms with Crippen LogP contribution in [0.25, 0.3) is 10.9 Å². The third-order valence-electron chi connectivity index (χ3n) is 5.62. The topological polar surface area (TPSA) is 87.6 Å². The van der Waals surface area contributed by atoms with Crippen molar-refractivity contribution in [2.75, 3.05) is 13.1 Å². The highest BCUT2D eigenvalue weighted by Crippen LogP contribution is 2.23. The smallest absolute Gasteiger partial charge is 0.274 e. The minimum absolute atomic E-state index is 0.172. The SMILES string of the molecule is Cc1[nH]c2ccc(CNC(=O)c3nnn(C4CCNCC4)c3C)cc2c1C. The van der Waals surface area contributed by atoms with Crippen LogP contribution in [0.5, 0.6) is 0 Å². The highest BCUT2D eigenvalue weighted by Gasteiger charge is 2.22. The molecular formula is C20H26N6O. The zero-order chi connectivity index (χ0) is 19.0. The third kappa shape index (κ3) is 3.35. The predicted octanol–water partition coefficient (Wildman–Crippen LogP) is 2.54. The molecule has 1 aliphatic rings. The van der Waals surface area contributed by atoms with E-state index < -0.39 is 0 Å². The van der Waals surface area contributed by atoms with E-state index in [9.17, 15) is 4.79 Å². The van der Waals surface area contributed by atoms with Crippen LogP contribution < -0.4 is 10.6 Å². The van der Waals surface area contributed by atoms with E-state index in [1.807, 2.05) is 17.7 Å². The number of aromatic amines is 1. The van der Waals surface area contributed by atoms with Crippen LogP contribution in [0.15, 0.2) is 18.2 Å². The minimum Gasteiger partial charge on any atom is -0.358 e. The average Bonchev–Trinajstić information content (AvgIpc) is 3.20. The lowest BCUT2D eigenvalue weighted by molar-refractivity contribution is 0.0945. The van der Waals surface area contributed by atoms with Gasteiger partial charge in [-0.3, -0.25) is 4.79 Å². The van der Waals surface area contributed by atoms with Crippen molar-refractivity contribution in [3.8, 4) is 0 Å². The second-order valence-electron chi connectivity index (χ2n) is 7.39. The van der Waals surface area contributed by atoms with Crippen LogP contribution in [0.2, 0.25) is 0 Å². The van der Waals surface area contributed by atoms with Crippen molar-refractivity contribution in [1.29, 1.82) is 0 Å². The van der Waals surface area contributed by atoms with Gasteiger partial charge in [-0.15, -0.1) is 5.10 Å². The monoisotopic (exact) mass is 366 g/mol. The van der Waals surface area contributed by atoms with Crippen LogP contribution in [-0.4, -0.2) is 39.0 Å². The Bertz CT molecular complexity index is 980. The molecule has 0 radical (unpaired) electrons. The summed E-state index contributed by atoms with van der Waals surface area (Å²) < 4.78 is 1.91. The van der Waals surface area contributed by atoms with Gasteiger partial charge in [0.2, 0.25) is 0 Å². The molecule has 142 valence electrons. The molecule has 0 spiro atoms. The summed E-state index contributed by atoms with van der Waals surface area (Å²) >= 11 is 0. The molecule has 27 heavy (non-hydrogen) atoms. The summed E-state index contributed by atoms with van der Waals surface area (Å²) in [5.74, 6) is -0.172. The first-order valence-electron chi connectivity index (χ1n) is 9.53. The number of nitrogens with zero attached hydrogens (tertiary/aromatic N) is 3. The van der Waals surface area contributed by atoms with Crippen molar-refractivity contribution in [2.45, 2.75) is 46.2 Å². The Hall–Kier alpha value is -2.67. The number of rotatable bonds is 4. The number of fused-ring (bicyclic) bond motifs is 1. The van der Waals surface area contributed by atoms with Crippen molar-refractivity contribution >= 4 is 16.8 Å². The first-order chi connectivity index (χ1) is 13.0. The second kappa shape index (κ2) is 7.15.